The third kappa shape index (κ3) is 6.39. The molecule has 1 aromatic carbocycles. The minimum Gasteiger partial charge on any atom is -0.379 e. The van der Waals surface area contributed by atoms with E-state index in [1.165, 1.54) is 5.56 Å². The lowest BCUT2D eigenvalue weighted by molar-refractivity contribution is -0.121. The molecule has 25 heavy (non-hydrogen) atoms. The van der Waals surface area contributed by atoms with Gasteiger partial charge in [-0.1, -0.05) is 60.8 Å². The molecule has 1 saturated heterocycles. The summed E-state index contributed by atoms with van der Waals surface area (Å²) < 4.78 is 6.56. The molecule has 0 aliphatic carbocycles. The zero-order valence-electron chi connectivity index (χ0n) is 15.5. The number of amides is 1. The Balaban J connectivity index is 1.85. The van der Waals surface area contributed by atoms with E-state index in [0.29, 0.717) is 18.4 Å². The molecule has 1 aliphatic heterocycles. The number of ether oxygens (including phenoxy) is 1. The van der Waals surface area contributed by atoms with E-state index in [-0.39, 0.29) is 5.91 Å². The summed E-state index contributed by atoms with van der Waals surface area (Å²) in [7, 11) is 0. The summed E-state index contributed by atoms with van der Waals surface area (Å²) in [6.45, 7) is 8.76. The van der Waals surface area contributed by atoms with Crippen LogP contribution >= 0.6 is 15.9 Å². The van der Waals surface area contributed by atoms with Crippen LogP contribution in [0.25, 0.3) is 0 Å². The van der Waals surface area contributed by atoms with Gasteiger partial charge in [0.15, 0.2) is 0 Å². The van der Waals surface area contributed by atoms with Crippen LogP contribution in [0.2, 0.25) is 0 Å². The van der Waals surface area contributed by atoms with Gasteiger partial charge in [-0.25, -0.2) is 0 Å². The minimum absolute atomic E-state index is 0.139. The van der Waals surface area contributed by atoms with E-state index in [4.69, 9.17) is 4.74 Å². The molecule has 140 valence electrons. The van der Waals surface area contributed by atoms with Crippen LogP contribution in [0.15, 0.2) is 28.7 Å². The van der Waals surface area contributed by atoms with E-state index < -0.39 is 0 Å². The molecule has 1 fully saturated rings. The topological polar surface area (TPSA) is 41.6 Å². The monoisotopic (exact) mass is 410 g/mol. The van der Waals surface area contributed by atoms with Crippen LogP contribution in [0, 0.1) is 5.92 Å². The van der Waals surface area contributed by atoms with Crippen molar-refractivity contribution >= 4 is 21.8 Å². The summed E-state index contributed by atoms with van der Waals surface area (Å²) >= 11 is 3.55. The Morgan fingerprint density at radius 1 is 1.24 bits per heavy atom. The number of hydrogen-bond acceptors (Lipinski definition) is 3. The summed E-state index contributed by atoms with van der Waals surface area (Å²) in [6, 6.07) is 8.51. The number of nitrogens with one attached hydrogen (secondary N) is 1. The van der Waals surface area contributed by atoms with Crippen LogP contribution in [0.1, 0.15) is 38.7 Å². The fraction of sp³-hybridized carbons (Fsp3) is 0.650. The highest BCUT2D eigenvalue weighted by atomic mass is 79.9. The van der Waals surface area contributed by atoms with Crippen LogP contribution in [0.3, 0.4) is 0 Å². The lowest BCUT2D eigenvalue weighted by Crippen LogP contribution is -2.52. The number of aryl methyl sites for hydroxylation is 1. The Hall–Kier alpha value is -0.910. The molecule has 1 amide bonds. The van der Waals surface area contributed by atoms with Crippen molar-refractivity contribution in [1.82, 2.24) is 10.2 Å². The molecule has 1 heterocycles. The molecular formula is C20H31BrN2O2. The van der Waals surface area contributed by atoms with Crippen molar-refractivity contribution in [3.8, 4) is 0 Å². The molecule has 1 aromatic rings. The van der Waals surface area contributed by atoms with Crippen LogP contribution in [0.5, 0.6) is 0 Å². The van der Waals surface area contributed by atoms with Gasteiger partial charge in [-0.15, -0.1) is 0 Å². The molecule has 0 saturated carbocycles. The van der Waals surface area contributed by atoms with Gasteiger partial charge in [-0.05, 0) is 24.0 Å². The van der Waals surface area contributed by atoms with Gasteiger partial charge < -0.3 is 10.1 Å². The summed E-state index contributed by atoms with van der Waals surface area (Å²) in [5.74, 6) is 0.752. The third-order valence-electron chi connectivity index (χ3n) is 5.20. The highest BCUT2D eigenvalue weighted by Crippen LogP contribution is 2.20. The number of halogens is 1. The van der Waals surface area contributed by atoms with Crippen molar-refractivity contribution in [2.45, 2.75) is 45.6 Å². The second-order valence-electron chi connectivity index (χ2n) is 6.69. The van der Waals surface area contributed by atoms with Gasteiger partial charge in [0.05, 0.1) is 13.2 Å². The molecule has 0 aromatic heterocycles. The van der Waals surface area contributed by atoms with Gasteiger partial charge in [0.25, 0.3) is 0 Å². The normalized spacial score (nSPS) is 16.8. The van der Waals surface area contributed by atoms with Gasteiger partial charge in [-0.3, -0.25) is 9.69 Å². The maximum Gasteiger partial charge on any atom is 0.220 e. The molecule has 0 spiro atoms. The van der Waals surface area contributed by atoms with Crippen LogP contribution in [-0.2, 0) is 16.0 Å². The Morgan fingerprint density at radius 2 is 1.92 bits per heavy atom. The second kappa shape index (κ2) is 10.9. The summed E-state index contributed by atoms with van der Waals surface area (Å²) in [5.41, 5.74) is 1.18. The van der Waals surface area contributed by atoms with Crippen molar-refractivity contribution in [1.29, 1.82) is 0 Å². The van der Waals surface area contributed by atoms with Crippen molar-refractivity contribution in [2.24, 2.45) is 5.92 Å². The first-order valence-electron chi connectivity index (χ1n) is 9.47. The SMILES string of the molecule is CCC(CC)C(CNC(=O)CCc1ccccc1Br)N1CCOCC1. The highest BCUT2D eigenvalue weighted by Gasteiger charge is 2.27. The standard InChI is InChI=1S/C20H31BrN2O2/c1-3-16(4-2)19(23-11-13-25-14-12-23)15-22-20(24)10-9-17-7-5-6-8-18(17)21/h5-8,16,19H,3-4,9-15H2,1-2H3,(H,22,24). The number of nitrogens with zero attached hydrogens (tertiary/aromatic N) is 1. The number of benzene rings is 1. The lowest BCUT2D eigenvalue weighted by atomic mass is 9.92. The summed E-state index contributed by atoms with van der Waals surface area (Å²) in [6.07, 6.45) is 3.58. The molecule has 1 atom stereocenters. The smallest absolute Gasteiger partial charge is 0.220 e. The predicted molar refractivity (Wildman–Crippen MR) is 106 cm³/mol. The quantitative estimate of drug-likeness (QED) is 0.675. The van der Waals surface area contributed by atoms with E-state index in [2.05, 4.69) is 46.1 Å². The molecule has 0 bridgehead atoms. The number of carbonyl (C=O) groups is 1. The summed E-state index contributed by atoms with van der Waals surface area (Å²) in [5, 5.41) is 3.18. The van der Waals surface area contributed by atoms with Crippen molar-refractivity contribution in [2.75, 3.05) is 32.8 Å². The van der Waals surface area contributed by atoms with Gasteiger partial charge in [-0.2, -0.15) is 0 Å². The van der Waals surface area contributed by atoms with E-state index in [1.54, 1.807) is 0 Å². The van der Waals surface area contributed by atoms with E-state index >= 15 is 0 Å². The second-order valence-corrected chi connectivity index (χ2v) is 7.54. The van der Waals surface area contributed by atoms with Crippen LogP contribution in [-0.4, -0.2) is 49.7 Å². The average molecular weight is 411 g/mol. The van der Waals surface area contributed by atoms with Gasteiger partial charge >= 0.3 is 0 Å². The first-order chi connectivity index (χ1) is 12.2. The number of morpholine rings is 1. The summed E-state index contributed by atoms with van der Waals surface area (Å²) in [4.78, 5) is 14.8. The molecule has 1 aliphatic rings. The maximum atomic E-state index is 12.3. The van der Waals surface area contributed by atoms with Crippen molar-refractivity contribution in [3.63, 3.8) is 0 Å². The number of rotatable bonds is 9. The minimum atomic E-state index is 0.139. The Morgan fingerprint density at radius 3 is 2.56 bits per heavy atom. The Kier molecular flexibility index (Phi) is 8.93. The zero-order valence-corrected chi connectivity index (χ0v) is 17.1. The third-order valence-corrected chi connectivity index (χ3v) is 5.97. The van der Waals surface area contributed by atoms with Gasteiger partial charge in [0.1, 0.15) is 0 Å². The molecule has 2 rings (SSSR count). The van der Waals surface area contributed by atoms with E-state index in [0.717, 1.165) is 56.6 Å². The van der Waals surface area contributed by atoms with E-state index in [9.17, 15) is 4.79 Å². The van der Waals surface area contributed by atoms with Gasteiger partial charge in [0.2, 0.25) is 5.91 Å². The van der Waals surface area contributed by atoms with Crippen molar-refractivity contribution in [3.05, 3.63) is 34.3 Å². The Bertz CT molecular complexity index is 528. The van der Waals surface area contributed by atoms with Crippen molar-refractivity contribution < 1.29 is 9.53 Å². The molecule has 0 radical (unpaired) electrons. The first-order valence-corrected chi connectivity index (χ1v) is 10.3. The van der Waals surface area contributed by atoms with Gasteiger partial charge in [0, 0.05) is 36.6 Å². The Labute approximate surface area is 160 Å². The largest absolute Gasteiger partial charge is 0.379 e. The van der Waals surface area contributed by atoms with Crippen LogP contribution in [0.4, 0.5) is 0 Å². The fourth-order valence-electron chi connectivity index (χ4n) is 3.59. The number of hydrogen-bond donors (Lipinski definition) is 1. The molecule has 4 nitrogen and oxygen atoms in total. The zero-order chi connectivity index (χ0) is 18.1. The van der Waals surface area contributed by atoms with E-state index in [1.807, 2.05) is 18.2 Å². The maximum absolute atomic E-state index is 12.3. The molecule has 1 unspecified atom stereocenters. The molecular weight excluding hydrogens is 380 g/mol. The van der Waals surface area contributed by atoms with Crippen LogP contribution < -0.4 is 5.32 Å². The first kappa shape index (κ1) is 20.4. The number of carbonyl (C=O) groups excluding carboxylic acids is 1. The average Bonchev–Trinajstić information content (AvgIpc) is 2.65. The fourth-order valence-corrected chi connectivity index (χ4v) is 4.08. The predicted octanol–water partition coefficient (Wildman–Crippen LogP) is 3.63. The highest BCUT2D eigenvalue weighted by molar-refractivity contribution is 9.10. The molecule has 1 N–H and O–H groups in total. The molecule has 5 heteroatoms. The lowest BCUT2D eigenvalue weighted by Gasteiger charge is -2.38.